The van der Waals surface area contributed by atoms with Crippen LogP contribution in [0.2, 0.25) is 0 Å². The molecule has 0 amide bonds. The Balaban J connectivity index is 2.11. The van der Waals surface area contributed by atoms with Crippen LogP contribution in [0.4, 0.5) is 0 Å². The van der Waals surface area contributed by atoms with Crippen LogP contribution in [0, 0.1) is 0 Å². The lowest BCUT2D eigenvalue weighted by molar-refractivity contribution is -0.126. The molecule has 1 aliphatic rings. The number of esters is 1. The van der Waals surface area contributed by atoms with Crippen molar-refractivity contribution in [3.63, 3.8) is 0 Å². The average molecular weight is 396 g/mol. The minimum atomic E-state index is -0.369. The number of halogens is 2. The number of ether oxygens (including phenoxy) is 1. The van der Waals surface area contributed by atoms with Crippen molar-refractivity contribution in [1.29, 1.82) is 0 Å². The number of hydrogen-bond donors (Lipinski definition) is 1. The third kappa shape index (κ3) is 2.27. The first kappa shape index (κ1) is 13.4. The second-order valence-electron chi connectivity index (χ2n) is 4.28. The number of fused-ring (bicyclic) bond motifs is 1. The quantitative estimate of drug-likeness (QED) is 0.443. The van der Waals surface area contributed by atoms with Gasteiger partial charge in [0.2, 0.25) is 0 Å². The van der Waals surface area contributed by atoms with Crippen molar-refractivity contribution >= 4 is 49.5 Å². The number of aromatic hydroxyl groups is 1. The highest BCUT2D eigenvalue weighted by atomic mass is 79.9. The van der Waals surface area contributed by atoms with E-state index in [1.54, 1.807) is 24.3 Å². The number of phenolic OH excluding ortho intramolecular Hbond substituents is 1. The number of carbonyl (C=O) groups is 1. The summed E-state index contributed by atoms with van der Waals surface area (Å²) in [6.45, 7) is 0. The zero-order valence-electron chi connectivity index (χ0n) is 10.1. The summed E-state index contributed by atoms with van der Waals surface area (Å²) in [6, 6.07) is 10.8. The molecule has 0 unspecified atom stereocenters. The van der Waals surface area contributed by atoms with Gasteiger partial charge in [0.25, 0.3) is 0 Å². The Morgan fingerprint density at radius 1 is 1.10 bits per heavy atom. The van der Waals surface area contributed by atoms with Gasteiger partial charge < -0.3 is 9.84 Å². The van der Waals surface area contributed by atoms with Crippen molar-refractivity contribution in [2.45, 2.75) is 0 Å². The maximum absolute atomic E-state index is 11.9. The van der Waals surface area contributed by atoms with Gasteiger partial charge in [0.15, 0.2) is 0 Å². The van der Waals surface area contributed by atoms with E-state index in [2.05, 4.69) is 31.9 Å². The maximum atomic E-state index is 11.9. The van der Waals surface area contributed by atoms with Crippen molar-refractivity contribution in [2.24, 2.45) is 0 Å². The first-order valence-corrected chi connectivity index (χ1v) is 7.36. The van der Waals surface area contributed by atoms with Crippen LogP contribution in [0.15, 0.2) is 45.3 Å². The molecular weight excluding hydrogens is 388 g/mol. The summed E-state index contributed by atoms with van der Waals surface area (Å²) in [5.41, 5.74) is 2.06. The molecule has 2 aromatic carbocycles. The lowest BCUT2D eigenvalue weighted by atomic mass is 10.0. The molecule has 100 valence electrons. The second-order valence-corrected chi connectivity index (χ2v) is 5.99. The molecule has 0 spiro atoms. The fourth-order valence-corrected chi connectivity index (χ4v) is 3.24. The summed E-state index contributed by atoms with van der Waals surface area (Å²) < 4.78 is 6.30. The molecule has 0 fully saturated rings. The van der Waals surface area contributed by atoms with Gasteiger partial charge in [-0.3, -0.25) is 0 Å². The second kappa shape index (κ2) is 5.07. The Hall–Kier alpha value is -1.59. The summed E-state index contributed by atoms with van der Waals surface area (Å²) in [5.74, 6) is 0.328. The summed E-state index contributed by atoms with van der Waals surface area (Å²) in [5, 5.41) is 9.70. The van der Waals surface area contributed by atoms with Gasteiger partial charge in [-0.25, -0.2) is 4.79 Å². The highest BCUT2D eigenvalue weighted by Crippen LogP contribution is 2.37. The van der Waals surface area contributed by atoms with Crippen molar-refractivity contribution < 1.29 is 14.6 Å². The molecule has 0 radical (unpaired) electrons. The number of rotatable bonds is 1. The first-order valence-electron chi connectivity index (χ1n) is 5.77. The van der Waals surface area contributed by atoms with Crippen LogP contribution in [-0.2, 0) is 4.79 Å². The van der Waals surface area contributed by atoms with Gasteiger partial charge >= 0.3 is 5.97 Å². The Morgan fingerprint density at radius 2 is 1.75 bits per heavy atom. The van der Waals surface area contributed by atoms with Crippen LogP contribution >= 0.6 is 31.9 Å². The van der Waals surface area contributed by atoms with E-state index in [9.17, 15) is 9.90 Å². The van der Waals surface area contributed by atoms with Crippen LogP contribution in [0.1, 0.15) is 11.1 Å². The predicted octanol–water partition coefficient (Wildman–Crippen LogP) is 4.38. The molecule has 0 saturated heterocycles. The Labute approximate surface area is 132 Å². The van der Waals surface area contributed by atoms with Crippen molar-refractivity contribution in [3.8, 4) is 11.5 Å². The van der Waals surface area contributed by atoms with E-state index in [1.807, 2.05) is 18.2 Å². The summed E-state index contributed by atoms with van der Waals surface area (Å²) in [7, 11) is 0. The third-order valence-electron chi connectivity index (χ3n) is 2.95. The van der Waals surface area contributed by atoms with E-state index in [0.717, 1.165) is 11.1 Å². The highest BCUT2D eigenvalue weighted by Gasteiger charge is 2.26. The van der Waals surface area contributed by atoms with Crippen LogP contribution < -0.4 is 4.74 Å². The molecule has 0 aliphatic carbocycles. The zero-order valence-corrected chi connectivity index (χ0v) is 13.2. The van der Waals surface area contributed by atoms with Crippen LogP contribution in [0.5, 0.6) is 11.5 Å². The van der Waals surface area contributed by atoms with Crippen LogP contribution in [0.3, 0.4) is 0 Å². The van der Waals surface area contributed by atoms with E-state index < -0.39 is 0 Å². The molecule has 1 N–H and O–H groups in total. The molecule has 0 atom stereocenters. The molecule has 2 aromatic rings. The van der Waals surface area contributed by atoms with Gasteiger partial charge in [-0.1, -0.05) is 18.2 Å². The van der Waals surface area contributed by atoms with Crippen molar-refractivity contribution in [1.82, 2.24) is 0 Å². The van der Waals surface area contributed by atoms with E-state index in [4.69, 9.17) is 4.74 Å². The van der Waals surface area contributed by atoms with E-state index >= 15 is 0 Å². The number of hydrogen-bond acceptors (Lipinski definition) is 3. The molecule has 0 bridgehead atoms. The number of benzene rings is 2. The summed E-state index contributed by atoms with van der Waals surface area (Å²) >= 11 is 6.54. The maximum Gasteiger partial charge on any atom is 0.344 e. The molecule has 1 heterocycles. The van der Waals surface area contributed by atoms with Gasteiger partial charge in [-0.2, -0.15) is 0 Å². The lowest BCUT2D eigenvalue weighted by Gasteiger charge is -2.03. The van der Waals surface area contributed by atoms with Gasteiger partial charge in [0.1, 0.15) is 11.5 Å². The monoisotopic (exact) mass is 394 g/mol. The summed E-state index contributed by atoms with van der Waals surface area (Å²) in [6.07, 6.45) is 1.74. The molecule has 1 aliphatic heterocycles. The van der Waals surface area contributed by atoms with Crippen LogP contribution in [-0.4, -0.2) is 11.1 Å². The van der Waals surface area contributed by atoms with E-state index in [-0.39, 0.29) is 11.7 Å². The largest absolute Gasteiger partial charge is 0.506 e. The topological polar surface area (TPSA) is 46.5 Å². The average Bonchev–Trinajstić information content (AvgIpc) is 2.73. The van der Waals surface area contributed by atoms with Gasteiger partial charge in [-0.15, -0.1) is 0 Å². The SMILES string of the molecule is O=C1Oc2ccccc2C1=Cc1cc(Br)c(O)c(Br)c1. The van der Waals surface area contributed by atoms with Crippen molar-refractivity contribution in [2.75, 3.05) is 0 Å². The van der Waals surface area contributed by atoms with Gasteiger partial charge in [0, 0.05) is 5.56 Å². The Morgan fingerprint density at radius 3 is 2.45 bits per heavy atom. The highest BCUT2D eigenvalue weighted by molar-refractivity contribution is 9.11. The Bertz CT molecular complexity index is 728. The molecule has 3 nitrogen and oxygen atoms in total. The van der Waals surface area contributed by atoms with E-state index in [0.29, 0.717) is 20.3 Å². The lowest BCUT2D eigenvalue weighted by Crippen LogP contribution is -2.00. The molecular formula is C15H8Br2O3. The smallest absolute Gasteiger partial charge is 0.344 e. The van der Waals surface area contributed by atoms with Crippen molar-refractivity contribution in [3.05, 3.63) is 56.5 Å². The molecule has 3 rings (SSSR count). The Kier molecular flexibility index (Phi) is 3.40. The zero-order chi connectivity index (χ0) is 14.3. The number of phenols is 1. The molecule has 0 aromatic heterocycles. The first-order chi connectivity index (χ1) is 9.56. The molecule has 0 saturated carbocycles. The minimum Gasteiger partial charge on any atom is -0.506 e. The molecule has 20 heavy (non-hydrogen) atoms. The third-order valence-corrected chi connectivity index (χ3v) is 4.16. The normalized spacial score (nSPS) is 15.3. The number of para-hydroxylation sites is 1. The van der Waals surface area contributed by atoms with Gasteiger partial charge in [-0.05, 0) is 61.7 Å². The summed E-state index contributed by atoms with van der Waals surface area (Å²) in [4.78, 5) is 11.9. The predicted molar refractivity (Wildman–Crippen MR) is 83.5 cm³/mol. The fraction of sp³-hybridized carbons (Fsp3) is 0. The van der Waals surface area contributed by atoms with Gasteiger partial charge in [0.05, 0.1) is 14.5 Å². The minimum absolute atomic E-state index is 0.126. The standard InChI is InChI=1S/C15H8Br2O3/c16-11-6-8(7-12(17)14(11)18)5-10-9-3-1-2-4-13(9)20-15(10)19/h1-7,18H. The number of carbonyl (C=O) groups excluding carboxylic acids is 1. The molecule has 5 heteroatoms. The fourth-order valence-electron chi connectivity index (χ4n) is 2.01. The van der Waals surface area contributed by atoms with E-state index in [1.165, 1.54) is 0 Å². The van der Waals surface area contributed by atoms with Crippen LogP contribution in [0.25, 0.3) is 11.6 Å².